The van der Waals surface area contributed by atoms with Gasteiger partial charge in [0.25, 0.3) is 0 Å². The van der Waals surface area contributed by atoms with Gasteiger partial charge in [-0.25, -0.2) is 9.97 Å². The van der Waals surface area contributed by atoms with E-state index in [4.69, 9.17) is 5.73 Å². The molecule has 0 atom stereocenters. The van der Waals surface area contributed by atoms with Gasteiger partial charge in [-0.3, -0.25) is 4.40 Å². The van der Waals surface area contributed by atoms with Gasteiger partial charge in [-0.15, -0.1) is 0 Å². The second-order valence-electron chi connectivity index (χ2n) is 2.44. The number of anilines is 1. The van der Waals surface area contributed by atoms with Crippen LogP contribution in [-0.4, -0.2) is 14.4 Å². The maximum Gasteiger partial charge on any atom is 0.141 e. The van der Waals surface area contributed by atoms with Gasteiger partial charge in [0, 0.05) is 18.0 Å². The Morgan fingerprint density at radius 1 is 1.45 bits per heavy atom. The lowest BCUT2D eigenvalue weighted by molar-refractivity contribution is 1.04. The smallest absolute Gasteiger partial charge is 0.141 e. The van der Waals surface area contributed by atoms with Gasteiger partial charge >= 0.3 is 0 Å². The molecule has 0 saturated carbocycles. The molecule has 0 amide bonds. The van der Waals surface area contributed by atoms with E-state index in [0.717, 1.165) is 11.3 Å². The lowest BCUT2D eigenvalue weighted by Gasteiger charge is -1.94. The minimum atomic E-state index is 0.503. The normalized spacial score (nSPS) is 10.6. The number of hydrogen-bond acceptors (Lipinski definition) is 3. The minimum Gasteiger partial charge on any atom is -0.384 e. The topological polar surface area (TPSA) is 56.2 Å². The molecule has 2 rings (SSSR count). The minimum absolute atomic E-state index is 0.503. The largest absolute Gasteiger partial charge is 0.384 e. The summed E-state index contributed by atoms with van der Waals surface area (Å²) in [6.07, 6.45) is 3.46. The Kier molecular flexibility index (Phi) is 1.09. The van der Waals surface area contributed by atoms with E-state index in [9.17, 15) is 0 Å². The van der Waals surface area contributed by atoms with Gasteiger partial charge in [0.05, 0.1) is 0 Å². The molecule has 56 valence electrons. The molecule has 0 unspecified atom stereocenters. The van der Waals surface area contributed by atoms with E-state index in [1.54, 1.807) is 18.6 Å². The van der Waals surface area contributed by atoms with Crippen molar-refractivity contribution in [1.82, 2.24) is 14.4 Å². The number of rotatable bonds is 0. The maximum atomic E-state index is 5.47. The van der Waals surface area contributed by atoms with Gasteiger partial charge in [0.1, 0.15) is 17.8 Å². The molecule has 2 heterocycles. The zero-order valence-electron chi connectivity index (χ0n) is 6.15. The lowest BCUT2D eigenvalue weighted by atomic mass is 10.5. The van der Waals surface area contributed by atoms with Gasteiger partial charge in [-0.05, 0) is 6.92 Å². The molecule has 2 aromatic heterocycles. The summed E-state index contributed by atoms with van der Waals surface area (Å²) < 4.78 is 1.89. The molecule has 2 aromatic rings. The first-order valence-corrected chi connectivity index (χ1v) is 3.32. The van der Waals surface area contributed by atoms with Crippen LogP contribution in [0.1, 0.15) is 5.69 Å². The van der Waals surface area contributed by atoms with E-state index >= 15 is 0 Å². The molecule has 2 N–H and O–H groups in total. The fourth-order valence-electron chi connectivity index (χ4n) is 1.02. The standard InChI is InChI=1S/C7H8N4/c1-5-3-9-7-2-6(8)10-4-11(5)7/h2-4H,8H2,1H3. The first-order valence-electron chi connectivity index (χ1n) is 3.32. The molecule has 0 radical (unpaired) electrons. The van der Waals surface area contributed by atoms with Crippen molar-refractivity contribution in [3.8, 4) is 0 Å². The van der Waals surface area contributed by atoms with Crippen LogP contribution in [0.15, 0.2) is 18.6 Å². The third kappa shape index (κ3) is 0.832. The molecule has 0 aliphatic rings. The summed E-state index contributed by atoms with van der Waals surface area (Å²) in [5, 5.41) is 0. The molecule has 4 heteroatoms. The van der Waals surface area contributed by atoms with Crippen molar-refractivity contribution in [3.63, 3.8) is 0 Å². The van der Waals surface area contributed by atoms with E-state index in [1.165, 1.54) is 0 Å². The summed E-state index contributed by atoms with van der Waals surface area (Å²) in [6, 6.07) is 1.74. The first kappa shape index (κ1) is 6.15. The Morgan fingerprint density at radius 3 is 3.09 bits per heavy atom. The van der Waals surface area contributed by atoms with Crippen LogP contribution in [0.2, 0.25) is 0 Å². The molecule has 0 spiro atoms. The van der Waals surface area contributed by atoms with Crippen molar-refractivity contribution in [1.29, 1.82) is 0 Å². The van der Waals surface area contributed by atoms with Crippen molar-refractivity contribution in [2.24, 2.45) is 0 Å². The van der Waals surface area contributed by atoms with E-state index in [2.05, 4.69) is 9.97 Å². The van der Waals surface area contributed by atoms with Crippen LogP contribution in [0, 0.1) is 6.92 Å². The average Bonchev–Trinajstić information content (AvgIpc) is 2.32. The number of nitrogen functional groups attached to an aromatic ring is 1. The fourth-order valence-corrected chi connectivity index (χ4v) is 1.02. The van der Waals surface area contributed by atoms with Gasteiger partial charge < -0.3 is 5.73 Å². The second kappa shape index (κ2) is 1.95. The van der Waals surface area contributed by atoms with Crippen LogP contribution in [0.5, 0.6) is 0 Å². The molecular weight excluding hydrogens is 140 g/mol. The number of fused-ring (bicyclic) bond motifs is 1. The summed E-state index contributed by atoms with van der Waals surface area (Å²) in [6.45, 7) is 1.97. The molecule has 0 fully saturated rings. The molecular formula is C7H8N4. The van der Waals surface area contributed by atoms with Crippen LogP contribution in [0.25, 0.3) is 5.65 Å². The van der Waals surface area contributed by atoms with Crippen LogP contribution in [-0.2, 0) is 0 Å². The summed E-state index contributed by atoms with van der Waals surface area (Å²) in [7, 11) is 0. The fraction of sp³-hybridized carbons (Fsp3) is 0.143. The highest BCUT2D eigenvalue weighted by atomic mass is 15.1. The summed E-state index contributed by atoms with van der Waals surface area (Å²) in [5.41, 5.74) is 7.37. The number of aromatic nitrogens is 3. The predicted molar refractivity (Wildman–Crippen MR) is 42.1 cm³/mol. The zero-order chi connectivity index (χ0) is 7.84. The molecule has 0 aromatic carbocycles. The van der Waals surface area contributed by atoms with Crippen molar-refractivity contribution >= 4 is 11.5 Å². The highest BCUT2D eigenvalue weighted by molar-refractivity contribution is 5.47. The van der Waals surface area contributed by atoms with E-state index < -0.39 is 0 Å². The third-order valence-corrected chi connectivity index (χ3v) is 1.61. The van der Waals surface area contributed by atoms with Gasteiger partial charge in [0.2, 0.25) is 0 Å². The summed E-state index contributed by atoms with van der Waals surface area (Å²) >= 11 is 0. The number of hydrogen-bond donors (Lipinski definition) is 1. The lowest BCUT2D eigenvalue weighted by Crippen LogP contribution is -1.94. The number of nitrogens with zero attached hydrogens (tertiary/aromatic N) is 3. The van der Waals surface area contributed by atoms with Crippen LogP contribution >= 0.6 is 0 Å². The summed E-state index contributed by atoms with van der Waals surface area (Å²) in [4.78, 5) is 8.06. The van der Waals surface area contributed by atoms with Crippen molar-refractivity contribution in [2.45, 2.75) is 6.92 Å². The van der Waals surface area contributed by atoms with Crippen LogP contribution in [0.3, 0.4) is 0 Å². The highest BCUT2D eigenvalue weighted by Crippen LogP contribution is 2.06. The van der Waals surface area contributed by atoms with Crippen molar-refractivity contribution in [2.75, 3.05) is 5.73 Å². The molecule has 0 aliphatic heterocycles. The van der Waals surface area contributed by atoms with Gasteiger partial charge in [-0.1, -0.05) is 0 Å². The van der Waals surface area contributed by atoms with E-state index in [0.29, 0.717) is 5.82 Å². The Bertz CT molecular complexity index is 390. The second-order valence-corrected chi connectivity index (χ2v) is 2.44. The number of aryl methyl sites for hydroxylation is 1. The Hall–Kier alpha value is -1.58. The number of imidazole rings is 1. The van der Waals surface area contributed by atoms with Crippen LogP contribution < -0.4 is 5.73 Å². The zero-order valence-corrected chi connectivity index (χ0v) is 6.15. The van der Waals surface area contributed by atoms with Crippen molar-refractivity contribution < 1.29 is 0 Å². The third-order valence-electron chi connectivity index (χ3n) is 1.61. The Balaban J connectivity index is 2.86. The average molecular weight is 148 g/mol. The molecule has 0 bridgehead atoms. The number of nitrogens with two attached hydrogens (primary N) is 1. The SMILES string of the molecule is Cc1cnc2cc(N)ncn12. The Labute approximate surface area is 63.7 Å². The maximum absolute atomic E-state index is 5.47. The van der Waals surface area contributed by atoms with E-state index in [1.807, 2.05) is 11.3 Å². The van der Waals surface area contributed by atoms with Crippen molar-refractivity contribution in [3.05, 3.63) is 24.3 Å². The first-order chi connectivity index (χ1) is 5.27. The van der Waals surface area contributed by atoms with Gasteiger partial charge in [-0.2, -0.15) is 0 Å². The predicted octanol–water partition coefficient (Wildman–Crippen LogP) is 0.620. The monoisotopic (exact) mass is 148 g/mol. The molecule has 4 nitrogen and oxygen atoms in total. The molecule has 11 heavy (non-hydrogen) atoms. The van der Waals surface area contributed by atoms with Crippen LogP contribution in [0.4, 0.5) is 5.82 Å². The summed E-state index contributed by atoms with van der Waals surface area (Å²) in [5.74, 6) is 0.503. The molecule has 0 saturated heterocycles. The molecule has 0 aliphatic carbocycles. The van der Waals surface area contributed by atoms with Gasteiger partial charge in [0.15, 0.2) is 0 Å². The van der Waals surface area contributed by atoms with E-state index in [-0.39, 0.29) is 0 Å². The Morgan fingerprint density at radius 2 is 2.27 bits per heavy atom. The highest BCUT2D eigenvalue weighted by Gasteiger charge is 1.97. The quantitative estimate of drug-likeness (QED) is 0.595.